The molecule has 7 nitrogen and oxygen atoms in total. The summed E-state index contributed by atoms with van der Waals surface area (Å²) in [6.45, 7) is 1.01. The van der Waals surface area contributed by atoms with E-state index in [9.17, 15) is 18.0 Å². The normalized spacial score (nSPS) is 15.1. The Hall–Kier alpha value is -3.66. The van der Waals surface area contributed by atoms with Crippen LogP contribution in [-0.4, -0.2) is 40.3 Å². The molecule has 1 aromatic heterocycles. The van der Waals surface area contributed by atoms with E-state index in [1.165, 1.54) is 24.5 Å². The number of hydrogen-bond acceptors (Lipinski definition) is 6. The molecular weight excluding hydrogens is 437 g/mol. The minimum atomic E-state index is -4.37. The van der Waals surface area contributed by atoms with Crippen LogP contribution in [-0.2, 0) is 6.18 Å². The Kier molecular flexibility index (Phi) is 6.74. The van der Waals surface area contributed by atoms with E-state index in [1.807, 2.05) is 30.3 Å². The number of carbonyl (C=O) groups excluding carboxylic acids is 1. The molecule has 1 fully saturated rings. The number of aromatic nitrogens is 2. The van der Waals surface area contributed by atoms with Gasteiger partial charge in [0, 0.05) is 18.7 Å². The zero-order valence-corrected chi connectivity index (χ0v) is 17.5. The van der Waals surface area contributed by atoms with Crippen LogP contribution in [0.3, 0.4) is 0 Å². The van der Waals surface area contributed by atoms with Crippen molar-refractivity contribution in [1.29, 1.82) is 0 Å². The summed E-state index contributed by atoms with van der Waals surface area (Å²) in [6.07, 6.45) is -1.15. The molecule has 0 radical (unpaired) electrons. The fraction of sp³-hybridized carbons (Fsp3) is 0.261. The van der Waals surface area contributed by atoms with Crippen LogP contribution in [0.25, 0.3) is 11.4 Å². The third-order valence-corrected chi connectivity index (χ3v) is 5.05. The van der Waals surface area contributed by atoms with Crippen molar-refractivity contribution in [3.63, 3.8) is 0 Å². The number of nitrogens with one attached hydrogen (secondary N) is 1. The number of halogens is 3. The molecule has 2 aromatic carbocycles. The van der Waals surface area contributed by atoms with Crippen LogP contribution in [0.15, 0.2) is 67.0 Å². The number of ether oxygens (including phenoxy) is 2. The quantitative estimate of drug-likeness (QED) is 0.597. The lowest BCUT2D eigenvalue weighted by atomic mass is 10.1. The number of benzene rings is 2. The monoisotopic (exact) mass is 458 g/mol. The van der Waals surface area contributed by atoms with Crippen LogP contribution >= 0.6 is 0 Å². The molecule has 0 spiro atoms. The first kappa shape index (κ1) is 22.5. The highest BCUT2D eigenvalue weighted by Crippen LogP contribution is 2.30. The maximum atomic E-state index is 12.7. The fourth-order valence-corrected chi connectivity index (χ4v) is 3.36. The molecule has 1 saturated heterocycles. The maximum Gasteiger partial charge on any atom is 0.427 e. The van der Waals surface area contributed by atoms with E-state index in [0.29, 0.717) is 37.5 Å². The first-order valence-electron chi connectivity index (χ1n) is 10.3. The molecule has 1 aliphatic heterocycles. The molecule has 3 aromatic rings. The second-order valence-corrected chi connectivity index (χ2v) is 7.44. The maximum absolute atomic E-state index is 12.7. The van der Waals surface area contributed by atoms with E-state index >= 15 is 0 Å². The predicted octanol–water partition coefficient (Wildman–Crippen LogP) is 4.71. The van der Waals surface area contributed by atoms with Crippen LogP contribution < -0.4 is 14.9 Å². The van der Waals surface area contributed by atoms with Crippen LogP contribution in [0.4, 0.5) is 18.0 Å². The number of nitrogens with zero attached hydrogens (tertiary/aromatic N) is 3. The molecule has 0 saturated carbocycles. The molecule has 1 aliphatic rings. The first-order chi connectivity index (χ1) is 15.9. The van der Waals surface area contributed by atoms with Crippen molar-refractivity contribution < 1.29 is 27.4 Å². The van der Waals surface area contributed by atoms with E-state index < -0.39 is 17.8 Å². The third-order valence-electron chi connectivity index (χ3n) is 5.05. The van der Waals surface area contributed by atoms with Crippen molar-refractivity contribution in [2.75, 3.05) is 13.1 Å². The second kappa shape index (κ2) is 9.86. The van der Waals surface area contributed by atoms with Gasteiger partial charge in [-0.1, -0.05) is 30.3 Å². The van der Waals surface area contributed by atoms with Crippen LogP contribution in [0, 0.1) is 0 Å². The minimum Gasteiger partial charge on any atom is -0.490 e. The summed E-state index contributed by atoms with van der Waals surface area (Å²) in [4.78, 5) is 20.6. The van der Waals surface area contributed by atoms with Gasteiger partial charge in [-0.25, -0.2) is 19.8 Å². The summed E-state index contributed by atoms with van der Waals surface area (Å²) < 4.78 is 49.0. The lowest BCUT2D eigenvalue weighted by Gasteiger charge is -2.31. The highest BCUT2D eigenvalue weighted by atomic mass is 19.4. The molecule has 0 atom stereocenters. The molecular formula is C23H21F3N4O3. The molecule has 33 heavy (non-hydrogen) atoms. The Bertz CT molecular complexity index is 1050. The zero-order valence-electron chi connectivity index (χ0n) is 17.5. The topological polar surface area (TPSA) is 76.6 Å². The SMILES string of the molecule is O=C(NN1CCC(Oc2ccc(C(F)(F)F)cc2)CC1)Oc1cnc(-c2ccccc2)nc1. The molecule has 4 rings (SSSR count). The molecule has 0 aliphatic carbocycles. The molecule has 2 heterocycles. The highest BCUT2D eigenvalue weighted by Gasteiger charge is 2.30. The summed E-state index contributed by atoms with van der Waals surface area (Å²) in [5.41, 5.74) is 2.80. The number of alkyl halides is 3. The van der Waals surface area contributed by atoms with Crippen molar-refractivity contribution in [2.24, 2.45) is 0 Å². The molecule has 10 heteroatoms. The van der Waals surface area contributed by atoms with Gasteiger partial charge in [-0.05, 0) is 37.1 Å². The molecule has 1 amide bonds. The highest BCUT2D eigenvalue weighted by molar-refractivity contribution is 5.69. The lowest BCUT2D eigenvalue weighted by Crippen LogP contribution is -2.49. The number of hydrogen-bond donors (Lipinski definition) is 1. The predicted molar refractivity (Wildman–Crippen MR) is 113 cm³/mol. The molecule has 0 unspecified atom stereocenters. The number of rotatable bonds is 5. The summed E-state index contributed by atoms with van der Waals surface area (Å²) in [5, 5.41) is 1.70. The number of carbonyl (C=O) groups is 1. The average Bonchev–Trinajstić information content (AvgIpc) is 2.81. The lowest BCUT2D eigenvalue weighted by molar-refractivity contribution is -0.137. The van der Waals surface area contributed by atoms with E-state index in [4.69, 9.17) is 9.47 Å². The standard InChI is InChI=1S/C23H21F3N4O3/c24-23(25,26)17-6-8-18(9-7-17)32-19-10-12-30(13-11-19)29-22(31)33-20-14-27-21(28-15-20)16-4-2-1-3-5-16/h1-9,14-15,19H,10-13H2,(H,29,31). The Morgan fingerprint density at radius 2 is 1.58 bits per heavy atom. The van der Waals surface area contributed by atoms with Crippen LogP contribution in [0.1, 0.15) is 18.4 Å². The van der Waals surface area contributed by atoms with Crippen LogP contribution in [0.5, 0.6) is 11.5 Å². The van der Waals surface area contributed by atoms with E-state index in [-0.39, 0.29) is 11.9 Å². The fourth-order valence-electron chi connectivity index (χ4n) is 3.36. The van der Waals surface area contributed by atoms with Crippen molar-refractivity contribution in [1.82, 2.24) is 20.4 Å². The van der Waals surface area contributed by atoms with Gasteiger partial charge in [0.1, 0.15) is 11.9 Å². The Morgan fingerprint density at radius 1 is 0.939 bits per heavy atom. The Labute approximate surface area is 188 Å². The van der Waals surface area contributed by atoms with Gasteiger partial charge in [-0.3, -0.25) is 5.43 Å². The summed E-state index contributed by atoms with van der Waals surface area (Å²) in [5.74, 6) is 1.12. The zero-order chi connectivity index (χ0) is 23.3. The Balaban J connectivity index is 1.21. The summed E-state index contributed by atoms with van der Waals surface area (Å²) >= 11 is 0. The van der Waals surface area contributed by atoms with Gasteiger partial charge >= 0.3 is 12.3 Å². The third kappa shape index (κ3) is 6.19. The van der Waals surface area contributed by atoms with E-state index in [1.54, 1.807) is 5.01 Å². The summed E-state index contributed by atoms with van der Waals surface area (Å²) in [6, 6.07) is 14.1. The molecule has 0 bridgehead atoms. The van der Waals surface area contributed by atoms with E-state index in [0.717, 1.165) is 17.7 Å². The van der Waals surface area contributed by atoms with Gasteiger partial charge in [0.15, 0.2) is 11.6 Å². The van der Waals surface area contributed by atoms with Gasteiger partial charge in [0.25, 0.3) is 0 Å². The van der Waals surface area contributed by atoms with Crippen molar-refractivity contribution in [3.05, 3.63) is 72.6 Å². The smallest absolute Gasteiger partial charge is 0.427 e. The second-order valence-electron chi connectivity index (χ2n) is 7.44. The van der Waals surface area contributed by atoms with Crippen molar-refractivity contribution in [3.8, 4) is 22.9 Å². The van der Waals surface area contributed by atoms with Crippen molar-refractivity contribution >= 4 is 6.09 Å². The number of piperidine rings is 1. The minimum absolute atomic E-state index is 0.158. The van der Waals surface area contributed by atoms with Gasteiger partial charge in [0.05, 0.1) is 18.0 Å². The largest absolute Gasteiger partial charge is 0.490 e. The van der Waals surface area contributed by atoms with Crippen molar-refractivity contribution in [2.45, 2.75) is 25.1 Å². The van der Waals surface area contributed by atoms with Gasteiger partial charge in [-0.15, -0.1) is 0 Å². The first-order valence-corrected chi connectivity index (χ1v) is 10.3. The van der Waals surface area contributed by atoms with Gasteiger partial charge in [-0.2, -0.15) is 13.2 Å². The molecule has 1 N–H and O–H groups in total. The summed E-state index contributed by atoms with van der Waals surface area (Å²) in [7, 11) is 0. The van der Waals surface area contributed by atoms with Gasteiger partial charge in [0.2, 0.25) is 0 Å². The average molecular weight is 458 g/mol. The Morgan fingerprint density at radius 3 is 2.18 bits per heavy atom. The van der Waals surface area contributed by atoms with Crippen LogP contribution in [0.2, 0.25) is 0 Å². The number of hydrazine groups is 1. The number of amides is 1. The van der Waals surface area contributed by atoms with Gasteiger partial charge < -0.3 is 9.47 Å². The van der Waals surface area contributed by atoms with E-state index in [2.05, 4.69) is 15.4 Å². The molecule has 172 valence electrons.